The number of rotatable bonds is 7. The maximum absolute atomic E-state index is 10.1. The number of nitrogens with one attached hydrogen (secondary N) is 1. The van der Waals surface area contributed by atoms with Crippen LogP contribution in [0.1, 0.15) is 30.8 Å². The topological polar surface area (TPSA) is 63.2 Å². The molecule has 5 heteroatoms. The van der Waals surface area contributed by atoms with Crippen molar-refractivity contribution in [1.29, 1.82) is 0 Å². The molecule has 0 saturated heterocycles. The molecule has 0 spiro atoms. The quantitative estimate of drug-likeness (QED) is 0.704. The Labute approximate surface area is 135 Å². The minimum atomic E-state index is -0.573. The third kappa shape index (κ3) is 4.09. The Morgan fingerprint density at radius 2 is 2.09 bits per heavy atom. The van der Waals surface area contributed by atoms with E-state index >= 15 is 0 Å². The highest BCUT2D eigenvalue weighted by Gasteiger charge is 2.14. The molecule has 0 aliphatic rings. The smallest absolute Gasteiger partial charge is 0.132 e. The van der Waals surface area contributed by atoms with Gasteiger partial charge in [0.2, 0.25) is 0 Å². The van der Waals surface area contributed by atoms with Gasteiger partial charge in [0.05, 0.1) is 12.6 Å². The molecular weight excluding hydrogens is 290 g/mol. The zero-order valence-electron chi connectivity index (χ0n) is 13.1. The number of benzene rings is 1. The predicted molar refractivity (Wildman–Crippen MR) is 88.2 cm³/mol. The van der Waals surface area contributed by atoms with Crippen LogP contribution >= 0.6 is 0 Å². The van der Waals surface area contributed by atoms with Crippen molar-refractivity contribution in [3.8, 4) is 5.69 Å². The van der Waals surface area contributed by atoms with Gasteiger partial charge in [0, 0.05) is 30.7 Å². The van der Waals surface area contributed by atoms with Crippen LogP contribution in [0, 0.1) is 0 Å². The molecule has 0 fully saturated rings. The van der Waals surface area contributed by atoms with E-state index in [0.29, 0.717) is 12.2 Å². The van der Waals surface area contributed by atoms with E-state index in [1.165, 1.54) is 5.56 Å². The molecule has 3 aromatic rings. The molecule has 0 saturated carbocycles. The average Bonchev–Trinajstić information content (AvgIpc) is 3.26. The van der Waals surface area contributed by atoms with Crippen LogP contribution in [0.25, 0.3) is 5.69 Å². The number of nitrogens with zero attached hydrogens (tertiary/aromatic N) is 2. The first kappa shape index (κ1) is 15.5. The van der Waals surface area contributed by atoms with E-state index in [4.69, 9.17) is 4.42 Å². The van der Waals surface area contributed by atoms with Crippen molar-refractivity contribution < 1.29 is 9.52 Å². The molecule has 2 aromatic heterocycles. The predicted octanol–water partition coefficient (Wildman–Crippen LogP) is 3.07. The van der Waals surface area contributed by atoms with Crippen LogP contribution in [0.3, 0.4) is 0 Å². The van der Waals surface area contributed by atoms with Crippen molar-refractivity contribution in [2.24, 2.45) is 0 Å². The molecule has 0 radical (unpaired) electrons. The average molecular weight is 311 g/mol. The summed E-state index contributed by atoms with van der Waals surface area (Å²) in [6, 6.07) is 12.1. The van der Waals surface area contributed by atoms with Crippen LogP contribution in [0.5, 0.6) is 0 Å². The molecule has 2 N–H and O–H groups in total. The summed E-state index contributed by atoms with van der Waals surface area (Å²) in [7, 11) is 0. The van der Waals surface area contributed by atoms with Gasteiger partial charge in [-0.25, -0.2) is 4.98 Å². The molecule has 120 valence electrons. The summed E-state index contributed by atoms with van der Waals surface area (Å²) < 4.78 is 7.19. The monoisotopic (exact) mass is 311 g/mol. The van der Waals surface area contributed by atoms with Crippen LogP contribution in [-0.2, 0) is 6.54 Å². The van der Waals surface area contributed by atoms with Crippen molar-refractivity contribution in [3.63, 3.8) is 0 Å². The first-order valence-electron chi connectivity index (χ1n) is 7.74. The molecular formula is C18H21N3O2. The summed E-state index contributed by atoms with van der Waals surface area (Å²) in [6.07, 6.45) is 7.09. The molecule has 2 heterocycles. The number of furan rings is 1. The van der Waals surface area contributed by atoms with E-state index < -0.39 is 6.10 Å². The molecule has 2 atom stereocenters. The largest absolute Gasteiger partial charge is 0.467 e. The molecule has 1 aromatic carbocycles. The minimum absolute atomic E-state index is 0.184. The second-order valence-corrected chi connectivity index (χ2v) is 5.69. The van der Waals surface area contributed by atoms with E-state index in [1.807, 2.05) is 10.8 Å². The van der Waals surface area contributed by atoms with Crippen molar-refractivity contribution in [3.05, 3.63) is 72.7 Å². The molecule has 3 rings (SSSR count). The highest BCUT2D eigenvalue weighted by atomic mass is 16.4. The Kier molecular flexibility index (Phi) is 4.90. The summed E-state index contributed by atoms with van der Waals surface area (Å²) in [5.74, 6) is 0.614. The first-order valence-corrected chi connectivity index (χ1v) is 7.74. The number of aromatic nitrogens is 2. The molecule has 0 aliphatic heterocycles. The van der Waals surface area contributed by atoms with Gasteiger partial charge < -0.3 is 19.4 Å². The minimum Gasteiger partial charge on any atom is -0.467 e. The van der Waals surface area contributed by atoms with E-state index in [1.54, 1.807) is 30.9 Å². The van der Waals surface area contributed by atoms with E-state index in [2.05, 4.69) is 41.5 Å². The Hall–Kier alpha value is -2.37. The number of imidazole rings is 1. The van der Waals surface area contributed by atoms with Gasteiger partial charge in [-0.2, -0.15) is 0 Å². The van der Waals surface area contributed by atoms with Gasteiger partial charge in [0.1, 0.15) is 11.9 Å². The third-order valence-corrected chi connectivity index (χ3v) is 3.84. The summed E-state index contributed by atoms with van der Waals surface area (Å²) in [4.78, 5) is 4.05. The molecule has 0 bridgehead atoms. The second kappa shape index (κ2) is 7.26. The van der Waals surface area contributed by atoms with Crippen molar-refractivity contribution in [2.75, 3.05) is 0 Å². The number of aliphatic hydroxyl groups excluding tert-OH is 1. The molecule has 23 heavy (non-hydrogen) atoms. The second-order valence-electron chi connectivity index (χ2n) is 5.69. The Morgan fingerprint density at radius 1 is 1.26 bits per heavy atom. The van der Waals surface area contributed by atoms with Crippen molar-refractivity contribution in [1.82, 2.24) is 14.9 Å². The maximum Gasteiger partial charge on any atom is 0.132 e. The number of aliphatic hydroxyl groups is 1. The summed E-state index contributed by atoms with van der Waals surface area (Å²) in [5, 5.41) is 13.5. The van der Waals surface area contributed by atoms with E-state index in [9.17, 15) is 5.11 Å². The van der Waals surface area contributed by atoms with Crippen LogP contribution in [0.2, 0.25) is 0 Å². The zero-order chi connectivity index (χ0) is 16.1. The van der Waals surface area contributed by atoms with Crippen LogP contribution < -0.4 is 5.32 Å². The van der Waals surface area contributed by atoms with E-state index in [-0.39, 0.29) is 6.04 Å². The normalized spacial score (nSPS) is 13.8. The van der Waals surface area contributed by atoms with Gasteiger partial charge in [0.25, 0.3) is 0 Å². The fourth-order valence-electron chi connectivity index (χ4n) is 2.51. The van der Waals surface area contributed by atoms with Crippen molar-refractivity contribution in [2.45, 2.75) is 32.0 Å². The maximum atomic E-state index is 10.1. The van der Waals surface area contributed by atoms with Gasteiger partial charge in [-0.05, 0) is 43.2 Å². The summed E-state index contributed by atoms with van der Waals surface area (Å²) >= 11 is 0. The lowest BCUT2D eigenvalue weighted by atomic mass is 10.1. The fourth-order valence-corrected chi connectivity index (χ4v) is 2.51. The van der Waals surface area contributed by atoms with Crippen LogP contribution in [0.15, 0.2) is 65.8 Å². The highest BCUT2D eigenvalue weighted by Crippen LogP contribution is 2.18. The van der Waals surface area contributed by atoms with Gasteiger partial charge in [-0.15, -0.1) is 0 Å². The Balaban J connectivity index is 1.50. The van der Waals surface area contributed by atoms with Gasteiger partial charge in [-0.3, -0.25) is 0 Å². The van der Waals surface area contributed by atoms with E-state index in [0.717, 1.165) is 12.2 Å². The summed E-state index contributed by atoms with van der Waals surface area (Å²) in [6.45, 7) is 2.82. The molecule has 5 nitrogen and oxygen atoms in total. The van der Waals surface area contributed by atoms with Gasteiger partial charge in [0.15, 0.2) is 0 Å². The van der Waals surface area contributed by atoms with Crippen LogP contribution in [-0.4, -0.2) is 20.7 Å². The van der Waals surface area contributed by atoms with Crippen LogP contribution in [0.4, 0.5) is 0 Å². The lowest BCUT2D eigenvalue weighted by molar-refractivity contribution is 0.128. The highest BCUT2D eigenvalue weighted by molar-refractivity contribution is 5.34. The standard InChI is InChI=1S/C18H21N3O2/c1-14(11-17(22)18-3-2-10-23-18)20-12-15-4-6-16(7-5-15)21-9-8-19-13-21/h2-10,13-14,17,20,22H,11-12H2,1H3. The van der Waals surface area contributed by atoms with Gasteiger partial charge in [-0.1, -0.05) is 12.1 Å². The molecule has 2 unspecified atom stereocenters. The number of hydrogen-bond acceptors (Lipinski definition) is 4. The molecule has 0 aliphatic carbocycles. The lowest BCUT2D eigenvalue weighted by Crippen LogP contribution is -2.27. The third-order valence-electron chi connectivity index (χ3n) is 3.84. The lowest BCUT2D eigenvalue weighted by Gasteiger charge is -2.17. The summed E-state index contributed by atoms with van der Waals surface area (Å²) in [5.41, 5.74) is 2.29. The SMILES string of the molecule is CC(CC(O)c1ccco1)NCc1ccc(-n2ccnc2)cc1. The first-order chi connectivity index (χ1) is 11.2. The molecule has 0 amide bonds. The van der Waals surface area contributed by atoms with Gasteiger partial charge >= 0.3 is 0 Å². The number of hydrogen-bond donors (Lipinski definition) is 2. The zero-order valence-corrected chi connectivity index (χ0v) is 13.1. The Morgan fingerprint density at radius 3 is 2.74 bits per heavy atom. The Bertz CT molecular complexity index is 690. The van der Waals surface area contributed by atoms with Crippen molar-refractivity contribution >= 4 is 0 Å². The fraction of sp³-hybridized carbons (Fsp3) is 0.278.